The molecule has 232 valence electrons. The number of allylic oxidation sites excluding steroid dienone is 1. The van der Waals surface area contributed by atoms with Gasteiger partial charge in [0.1, 0.15) is 18.1 Å². The van der Waals surface area contributed by atoms with E-state index in [9.17, 15) is 4.79 Å². The number of fused-ring (bicyclic) bond motifs is 4. The number of ether oxygens (including phenoxy) is 2. The maximum Gasteiger partial charge on any atom is 0.271 e. The van der Waals surface area contributed by atoms with Gasteiger partial charge in [0.15, 0.2) is 4.80 Å². The Hall–Kier alpha value is -4.24. The third kappa shape index (κ3) is 5.48. The van der Waals surface area contributed by atoms with Gasteiger partial charge in [-0.05, 0) is 114 Å². The lowest BCUT2D eigenvalue weighted by atomic mass is 9.83. The quantitative estimate of drug-likeness (QED) is 0.171. The average Bonchev–Trinajstić information content (AvgIpc) is 3.40. The molecule has 0 unspecified atom stereocenters. The number of hydrogen-bond donors (Lipinski definition) is 0. The molecule has 6 aromatic rings. The molecule has 1 aliphatic carbocycles. The van der Waals surface area contributed by atoms with Gasteiger partial charge in [-0.25, -0.2) is 4.99 Å². The topological polar surface area (TPSA) is 52.8 Å². The molecule has 8 heteroatoms. The Balaban J connectivity index is 1.19. The third-order valence-corrected chi connectivity index (χ3v) is 11.0. The first-order valence-corrected chi connectivity index (χ1v) is 17.7. The van der Waals surface area contributed by atoms with Crippen LogP contribution in [0.15, 0.2) is 127 Å². The van der Waals surface area contributed by atoms with E-state index in [0.717, 1.165) is 55.5 Å². The first kappa shape index (κ1) is 30.1. The van der Waals surface area contributed by atoms with Gasteiger partial charge in [-0.1, -0.05) is 90.2 Å². The van der Waals surface area contributed by atoms with Crippen LogP contribution in [-0.2, 0) is 13.0 Å². The Morgan fingerprint density at radius 2 is 1.66 bits per heavy atom. The monoisotopic (exact) mass is 762 g/mol. The van der Waals surface area contributed by atoms with Crippen LogP contribution < -0.4 is 24.4 Å². The minimum atomic E-state index is -0.244. The molecule has 1 aromatic heterocycles. The summed E-state index contributed by atoms with van der Waals surface area (Å²) >= 11 is 8.88. The van der Waals surface area contributed by atoms with Gasteiger partial charge in [-0.2, -0.15) is 0 Å². The Morgan fingerprint density at radius 1 is 0.915 bits per heavy atom. The van der Waals surface area contributed by atoms with Crippen molar-refractivity contribution in [1.82, 2.24) is 4.57 Å². The summed E-state index contributed by atoms with van der Waals surface area (Å²) in [5.41, 5.74) is 7.58. The van der Waals surface area contributed by atoms with E-state index < -0.39 is 0 Å². The second-order valence-corrected chi connectivity index (χ2v) is 14.3. The van der Waals surface area contributed by atoms with Crippen LogP contribution in [0.3, 0.4) is 0 Å². The van der Waals surface area contributed by atoms with E-state index in [1.807, 2.05) is 47.0 Å². The molecule has 5 nitrogen and oxygen atoms in total. The van der Waals surface area contributed by atoms with Crippen molar-refractivity contribution >= 4 is 65.7 Å². The van der Waals surface area contributed by atoms with Gasteiger partial charge >= 0.3 is 0 Å². The number of hydrogen-bond acceptors (Lipinski definition) is 5. The summed E-state index contributed by atoms with van der Waals surface area (Å²) in [4.78, 5) is 20.1. The van der Waals surface area contributed by atoms with Crippen molar-refractivity contribution in [2.75, 3.05) is 7.11 Å². The van der Waals surface area contributed by atoms with Crippen LogP contribution >= 0.6 is 43.2 Å². The van der Waals surface area contributed by atoms with Gasteiger partial charge in [0.05, 0.1) is 32.3 Å². The third-order valence-electron chi connectivity index (χ3n) is 8.87. The fourth-order valence-electron chi connectivity index (χ4n) is 6.63. The highest BCUT2D eigenvalue weighted by Crippen LogP contribution is 2.41. The molecule has 1 atom stereocenters. The molecule has 0 radical (unpaired) electrons. The zero-order valence-electron chi connectivity index (χ0n) is 25.4. The molecule has 0 bridgehead atoms. The van der Waals surface area contributed by atoms with Crippen molar-refractivity contribution in [2.45, 2.75) is 25.5 Å². The SMILES string of the molecule is COc1ccc([C@H]2C3=C(N=c4s/c(=C\c5cc(Br)c(OCc6cccc7ccccc67)c(Br)c5)c(=O)n42)c2ccccc2CC3)cc1. The molecule has 8 rings (SSSR count). The van der Waals surface area contributed by atoms with Crippen LogP contribution in [-0.4, -0.2) is 11.7 Å². The van der Waals surface area contributed by atoms with Crippen molar-refractivity contribution < 1.29 is 9.47 Å². The number of benzene rings is 5. The van der Waals surface area contributed by atoms with Crippen molar-refractivity contribution in [3.8, 4) is 11.5 Å². The Labute approximate surface area is 292 Å². The van der Waals surface area contributed by atoms with Crippen LogP contribution in [0.25, 0.3) is 22.5 Å². The molecule has 2 heterocycles. The number of rotatable bonds is 6. The predicted molar refractivity (Wildman–Crippen MR) is 196 cm³/mol. The standard InChI is InChI=1S/C39H28Br2N2O3S/c1-45-28-16-13-26(14-17-28)36-31-18-15-25-8-3-5-12-30(25)35(31)42-39-43(36)38(44)34(47-39)21-23-19-32(40)37(33(41)20-23)46-22-27-10-6-9-24-7-2-4-11-29(24)27/h2-14,16-17,19-21,36H,15,18,22H2,1H3/b34-21-/t36-/m0/s1. The fraction of sp³-hybridized carbons (Fsp3) is 0.128. The molecule has 0 spiro atoms. The lowest BCUT2D eigenvalue weighted by Crippen LogP contribution is -2.38. The Bertz CT molecular complexity index is 2380. The molecular weight excluding hydrogens is 736 g/mol. The highest BCUT2D eigenvalue weighted by Gasteiger charge is 2.32. The maximum absolute atomic E-state index is 14.2. The van der Waals surface area contributed by atoms with E-state index in [1.54, 1.807) is 7.11 Å². The molecule has 0 amide bonds. The second kappa shape index (κ2) is 12.4. The second-order valence-electron chi connectivity index (χ2n) is 11.6. The summed E-state index contributed by atoms with van der Waals surface area (Å²) in [5.74, 6) is 1.49. The van der Waals surface area contributed by atoms with Crippen LogP contribution in [0.4, 0.5) is 0 Å². The number of aromatic nitrogens is 1. The zero-order chi connectivity index (χ0) is 32.1. The molecule has 0 saturated heterocycles. The van der Waals surface area contributed by atoms with Crippen molar-refractivity contribution in [3.63, 3.8) is 0 Å². The molecule has 0 saturated carbocycles. The van der Waals surface area contributed by atoms with Crippen LogP contribution in [0.5, 0.6) is 11.5 Å². The van der Waals surface area contributed by atoms with Gasteiger partial charge in [0, 0.05) is 5.56 Å². The average molecular weight is 765 g/mol. The van der Waals surface area contributed by atoms with Gasteiger partial charge < -0.3 is 9.47 Å². The molecule has 0 fully saturated rings. The van der Waals surface area contributed by atoms with Crippen LogP contribution in [0.2, 0.25) is 0 Å². The normalized spacial score (nSPS) is 15.6. The summed E-state index contributed by atoms with van der Waals surface area (Å²) in [6, 6.07) is 34.8. The van der Waals surface area contributed by atoms with E-state index >= 15 is 0 Å². The molecule has 5 aromatic carbocycles. The molecule has 2 aliphatic rings. The van der Waals surface area contributed by atoms with Crippen LogP contribution in [0.1, 0.15) is 40.3 Å². The minimum Gasteiger partial charge on any atom is -0.497 e. The Kier molecular flexibility index (Phi) is 7.95. The molecular formula is C39H28Br2N2O3S. The fourth-order valence-corrected chi connectivity index (χ4v) is 9.08. The lowest BCUT2D eigenvalue weighted by Gasteiger charge is -2.30. The van der Waals surface area contributed by atoms with Gasteiger partial charge in [-0.3, -0.25) is 9.36 Å². The number of thiazole rings is 1. The maximum atomic E-state index is 14.2. The Morgan fingerprint density at radius 3 is 2.47 bits per heavy atom. The number of halogens is 2. The minimum absolute atomic E-state index is 0.0523. The van der Waals surface area contributed by atoms with E-state index in [0.29, 0.717) is 21.7 Å². The van der Waals surface area contributed by atoms with Gasteiger partial charge in [0.2, 0.25) is 0 Å². The van der Waals surface area contributed by atoms with E-state index in [-0.39, 0.29) is 11.6 Å². The first-order valence-electron chi connectivity index (χ1n) is 15.3. The van der Waals surface area contributed by atoms with Crippen molar-refractivity contribution in [1.29, 1.82) is 0 Å². The molecule has 0 N–H and O–H groups in total. The summed E-state index contributed by atoms with van der Waals surface area (Å²) in [6.45, 7) is 0.426. The summed E-state index contributed by atoms with van der Waals surface area (Å²) in [5, 5.41) is 2.36. The molecule has 1 aliphatic heterocycles. The summed E-state index contributed by atoms with van der Waals surface area (Å²) < 4.78 is 15.9. The van der Waals surface area contributed by atoms with E-state index in [2.05, 4.69) is 98.6 Å². The highest BCUT2D eigenvalue weighted by atomic mass is 79.9. The lowest BCUT2D eigenvalue weighted by molar-refractivity contribution is 0.303. The summed E-state index contributed by atoms with van der Waals surface area (Å²) in [6.07, 6.45) is 3.70. The zero-order valence-corrected chi connectivity index (χ0v) is 29.4. The highest BCUT2D eigenvalue weighted by molar-refractivity contribution is 9.11. The predicted octanol–water partition coefficient (Wildman–Crippen LogP) is 8.58. The van der Waals surface area contributed by atoms with Gasteiger partial charge in [0.25, 0.3) is 5.56 Å². The van der Waals surface area contributed by atoms with E-state index in [1.165, 1.54) is 33.2 Å². The number of nitrogens with zero attached hydrogens (tertiary/aromatic N) is 2. The van der Waals surface area contributed by atoms with Gasteiger partial charge in [-0.15, -0.1) is 0 Å². The van der Waals surface area contributed by atoms with Crippen LogP contribution in [0, 0.1) is 0 Å². The summed E-state index contributed by atoms with van der Waals surface area (Å²) in [7, 11) is 1.66. The van der Waals surface area contributed by atoms with Crippen molar-refractivity contribution in [3.05, 3.63) is 165 Å². The first-order chi connectivity index (χ1) is 23.0. The van der Waals surface area contributed by atoms with E-state index in [4.69, 9.17) is 14.5 Å². The smallest absolute Gasteiger partial charge is 0.271 e. The molecule has 47 heavy (non-hydrogen) atoms. The number of aryl methyl sites for hydroxylation is 1. The largest absolute Gasteiger partial charge is 0.497 e. The number of methoxy groups -OCH3 is 1. The van der Waals surface area contributed by atoms with Crippen molar-refractivity contribution in [2.24, 2.45) is 4.99 Å².